The second-order valence-corrected chi connectivity index (χ2v) is 4.86. The van der Waals surface area contributed by atoms with E-state index < -0.39 is 4.92 Å². The average Bonchev–Trinajstić information content (AvgIpc) is 3.10. The van der Waals surface area contributed by atoms with Crippen LogP contribution in [0.5, 0.6) is 5.75 Å². The minimum absolute atomic E-state index is 0.0942. The number of ether oxygens (including phenoxy) is 1. The van der Waals surface area contributed by atoms with Gasteiger partial charge >= 0.3 is 5.88 Å². The van der Waals surface area contributed by atoms with Gasteiger partial charge in [0.2, 0.25) is 0 Å². The fraction of sp³-hybridized carbons (Fsp3) is 0.188. The molecule has 2 aromatic rings. The first-order chi connectivity index (χ1) is 12.5. The number of furan rings is 1. The molecule has 2 rings (SSSR count). The van der Waals surface area contributed by atoms with Gasteiger partial charge in [-0.25, -0.2) is 4.99 Å². The fourth-order valence-corrected chi connectivity index (χ4v) is 1.83. The molecule has 1 aromatic carbocycles. The van der Waals surface area contributed by atoms with Gasteiger partial charge in [-0.3, -0.25) is 20.8 Å². The number of nitrogens with zero attached hydrogens (tertiary/aromatic N) is 4. The Balaban J connectivity index is 2.10. The third-order valence-corrected chi connectivity index (χ3v) is 3.02. The molecule has 10 nitrogen and oxygen atoms in total. The summed E-state index contributed by atoms with van der Waals surface area (Å²) in [6.07, 6.45) is 1.21. The van der Waals surface area contributed by atoms with Crippen LogP contribution in [-0.4, -0.2) is 34.5 Å². The van der Waals surface area contributed by atoms with Crippen molar-refractivity contribution in [2.24, 2.45) is 15.2 Å². The Morgan fingerprint density at radius 3 is 2.65 bits per heavy atom. The van der Waals surface area contributed by atoms with E-state index in [0.717, 1.165) is 0 Å². The zero-order valence-corrected chi connectivity index (χ0v) is 14.1. The summed E-state index contributed by atoms with van der Waals surface area (Å²) in [5.74, 6) is 0.598. The molecule has 1 heterocycles. The molecule has 2 N–H and O–H groups in total. The van der Waals surface area contributed by atoms with Crippen molar-refractivity contribution in [3.63, 3.8) is 0 Å². The maximum absolute atomic E-state index is 10.5. The van der Waals surface area contributed by atoms with E-state index in [4.69, 9.17) is 9.15 Å². The number of hydrogen-bond donors (Lipinski definition) is 2. The molecule has 0 radical (unpaired) electrons. The molecule has 0 fully saturated rings. The highest BCUT2D eigenvalue weighted by atomic mass is 16.6. The quantitative estimate of drug-likeness (QED) is 0.337. The van der Waals surface area contributed by atoms with Gasteiger partial charge in [0, 0.05) is 0 Å². The zero-order chi connectivity index (χ0) is 18.9. The van der Waals surface area contributed by atoms with Crippen molar-refractivity contribution in [3.05, 3.63) is 52.3 Å². The minimum Gasteiger partial charge on any atom is -0.494 e. The van der Waals surface area contributed by atoms with Gasteiger partial charge in [-0.15, -0.1) is 0 Å². The van der Waals surface area contributed by atoms with Crippen LogP contribution in [0, 0.1) is 10.1 Å². The van der Waals surface area contributed by atoms with Crippen LogP contribution < -0.4 is 10.2 Å². The lowest BCUT2D eigenvalue weighted by Crippen LogP contribution is -2.26. The van der Waals surface area contributed by atoms with Crippen LogP contribution in [0.4, 0.5) is 11.6 Å². The predicted molar refractivity (Wildman–Crippen MR) is 95.7 cm³/mol. The summed E-state index contributed by atoms with van der Waals surface area (Å²) in [5.41, 5.74) is 2.82. The van der Waals surface area contributed by atoms with Crippen molar-refractivity contribution < 1.29 is 19.3 Å². The van der Waals surface area contributed by atoms with Crippen molar-refractivity contribution in [1.82, 2.24) is 5.48 Å². The van der Waals surface area contributed by atoms with Gasteiger partial charge in [0.1, 0.15) is 16.4 Å². The lowest BCUT2D eigenvalue weighted by molar-refractivity contribution is -0.402. The highest BCUT2D eigenvalue weighted by Crippen LogP contribution is 2.18. The summed E-state index contributed by atoms with van der Waals surface area (Å²) in [4.78, 5) is 14.1. The van der Waals surface area contributed by atoms with Gasteiger partial charge in [0.15, 0.2) is 11.6 Å². The van der Waals surface area contributed by atoms with E-state index in [1.165, 1.54) is 18.3 Å². The zero-order valence-electron chi connectivity index (χ0n) is 14.1. The summed E-state index contributed by atoms with van der Waals surface area (Å²) in [6.45, 7) is 4.04. The number of hydrogen-bond acceptors (Lipinski definition) is 8. The molecule has 0 bridgehead atoms. The lowest BCUT2D eigenvalue weighted by Gasteiger charge is -2.05. The van der Waals surface area contributed by atoms with E-state index in [1.807, 2.05) is 12.4 Å². The molecular weight excluding hydrogens is 342 g/mol. The standard InChI is InChI=1S/C16H17N5O5/c1-3-25-13-6-4-12(5-7-13)18-16(20-22)11(2)19-17-10-14-8-9-15(26-14)21(23)24/h4-10,22H,3H2,1-2H3,(H,18,20). The molecule has 0 spiro atoms. The maximum Gasteiger partial charge on any atom is 0.433 e. The number of aliphatic imine (C=N–C) groups is 1. The summed E-state index contributed by atoms with van der Waals surface area (Å²) in [5, 5.41) is 27.4. The molecular formula is C16H17N5O5. The van der Waals surface area contributed by atoms with Crippen LogP contribution in [-0.2, 0) is 0 Å². The number of nitro groups is 1. The van der Waals surface area contributed by atoms with E-state index in [9.17, 15) is 15.3 Å². The Kier molecular flexibility index (Phi) is 6.57. The van der Waals surface area contributed by atoms with E-state index in [-0.39, 0.29) is 17.5 Å². The average molecular weight is 359 g/mol. The monoisotopic (exact) mass is 359 g/mol. The van der Waals surface area contributed by atoms with Crippen LogP contribution in [0.3, 0.4) is 0 Å². The number of rotatable bonds is 7. The van der Waals surface area contributed by atoms with Crippen molar-refractivity contribution >= 4 is 29.3 Å². The third-order valence-electron chi connectivity index (χ3n) is 3.02. The second kappa shape index (κ2) is 9.08. The van der Waals surface area contributed by atoms with Gasteiger partial charge in [-0.1, -0.05) is 0 Å². The largest absolute Gasteiger partial charge is 0.494 e. The van der Waals surface area contributed by atoms with E-state index >= 15 is 0 Å². The SMILES string of the molecule is CCOc1ccc(N=C(NO)C(C)=NN=Cc2ccc([N+](=O)[O-])o2)cc1. The number of benzene rings is 1. The van der Waals surface area contributed by atoms with Gasteiger partial charge in [-0.2, -0.15) is 10.2 Å². The van der Waals surface area contributed by atoms with Crippen molar-refractivity contribution in [1.29, 1.82) is 0 Å². The Hall–Kier alpha value is -3.53. The Morgan fingerprint density at radius 1 is 1.35 bits per heavy atom. The normalized spacial score (nSPS) is 12.4. The Labute approximate surface area is 148 Å². The molecule has 0 aliphatic carbocycles. The Morgan fingerprint density at radius 2 is 2.08 bits per heavy atom. The summed E-state index contributed by atoms with van der Waals surface area (Å²) in [7, 11) is 0. The topological polar surface area (TPSA) is 135 Å². The molecule has 0 aliphatic rings. The van der Waals surface area contributed by atoms with Crippen molar-refractivity contribution in [2.75, 3.05) is 6.61 Å². The second-order valence-electron chi connectivity index (χ2n) is 4.86. The van der Waals surface area contributed by atoms with Crippen LogP contribution >= 0.6 is 0 Å². The van der Waals surface area contributed by atoms with Gasteiger partial charge in [0.25, 0.3) is 0 Å². The molecule has 136 valence electrons. The Bertz CT molecular complexity index is 839. The van der Waals surface area contributed by atoms with Crippen LogP contribution in [0.25, 0.3) is 0 Å². The van der Waals surface area contributed by atoms with Gasteiger partial charge < -0.3 is 9.15 Å². The number of amidine groups is 1. The number of nitrogens with one attached hydrogen (secondary N) is 1. The summed E-state index contributed by atoms with van der Waals surface area (Å²) < 4.78 is 10.3. The molecule has 26 heavy (non-hydrogen) atoms. The minimum atomic E-state index is -0.650. The number of hydroxylamine groups is 1. The van der Waals surface area contributed by atoms with Crippen LogP contribution in [0.1, 0.15) is 19.6 Å². The summed E-state index contributed by atoms with van der Waals surface area (Å²) in [6, 6.07) is 9.57. The van der Waals surface area contributed by atoms with E-state index in [1.54, 1.807) is 31.2 Å². The maximum atomic E-state index is 10.5. The molecule has 0 saturated heterocycles. The molecule has 1 aromatic heterocycles. The molecule has 0 saturated carbocycles. The molecule has 0 aliphatic heterocycles. The molecule has 10 heteroatoms. The molecule has 0 unspecified atom stereocenters. The van der Waals surface area contributed by atoms with Gasteiger partial charge in [-0.05, 0) is 44.2 Å². The van der Waals surface area contributed by atoms with Crippen LogP contribution in [0.2, 0.25) is 0 Å². The van der Waals surface area contributed by atoms with E-state index in [2.05, 4.69) is 15.2 Å². The fourth-order valence-electron chi connectivity index (χ4n) is 1.83. The highest BCUT2D eigenvalue weighted by molar-refractivity contribution is 6.40. The first-order valence-electron chi connectivity index (χ1n) is 7.57. The highest BCUT2D eigenvalue weighted by Gasteiger charge is 2.10. The van der Waals surface area contributed by atoms with Crippen molar-refractivity contribution in [3.8, 4) is 5.75 Å². The summed E-state index contributed by atoms with van der Waals surface area (Å²) >= 11 is 0. The van der Waals surface area contributed by atoms with E-state index in [0.29, 0.717) is 23.8 Å². The van der Waals surface area contributed by atoms with Gasteiger partial charge in [0.05, 0.1) is 24.6 Å². The lowest BCUT2D eigenvalue weighted by atomic mass is 10.3. The van der Waals surface area contributed by atoms with Crippen LogP contribution in [0.15, 0.2) is 56.0 Å². The first-order valence-corrected chi connectivity index (χ1v) is 7.57. The predicted octanol–water partition coefficient (Wildman–Crippen LogP) is 3.09. The molecule has 0 amide bonds. The third kappa shape index (κ3) is 5.24. The first kappa shape index (κ1) is 18.8. The molecule has 0 atom stereocenters. The smallest absolute Gasteiger partial charge is 0.433 e. The van der Waals surface area contributed by atoms with Crippen molar-refractivity contribution in [2.45, 2.75) is 13.8 Å².